The fourth-order valence-electron chi connectivity index (χ4n) is 2.58. The Kier molecular flexibility index (Phi) is 8.27. The van der Waals surface area contributed by atoms with Crippen molar-refractivity contribution in [3.8, 4) is 6.07 Å². The standard InChI is InChI=1S/C17H25NO4/c1-2-9-14(19)16-15(20)12-13(22-17(16)21)10-7-5-3-4-6-8-11-18/h13,19H,2-10,12H2,1H3/b16-14-. The van der Waals surface area contributed by atoms with Crippen molar-refractivity contribution < 1.29 is 19.4 Å². The number of esters is 1. The van der Waals surface area contributed by atoms with E-state index in [1.807, 2.05) is 6.92 Å². The number of aliphatic hydroxyl groups excluding tert-OH is 1. The average molecular weight is 307 g/mol. The van der Waals surface area contributed by atoms with Crippen molar-refractivity contribution in [2.75, 3.05) is 0 Å². The van der Waals surface area contributed by atoms with Crippen LogP contribution in [0, 0.1) is 11.3 Å². The molecule has 1 aliphatic heterocycles. The first kappa shape index (κ1) is 18.2. The first-order chi connectivity index (χ1) is 10.6. The summed E-state index contributed by atoms with van der Waals surface area (Å²) in [5.74, 6) is -1.13. The van der Waals surface area contributed by atoms with Crippen molar-refractivity contribution in [2.24, 2.45) is 0 Å². The molecule has 22 heavy (non-hydrogen) atoms. The fourth-order valence-corrected chi connectivity index (χ4v) is 2.58. The lowest BCUT2D eigenvalue weighted by atomic mass is 9.96. The topological polar surface area (TPSA) is 87.4 Å². The lowest BCUT2D eigenvalue weighted by molar-refractivity contribution is -0.151. The zero-order valence-electron chi connectivity index (χ0n) is 13.3. The number of ketones is 1. The van der Waals surface area contributed by atoms with Crippen molar-refractivity contribution in [1.82, 2.24) is 0 Å². The number of cyclic esters (lactones) is 1. The highest BCUT2D eigenvalue weighted by Crippen LogP contribution is 2.24. The van der Waals surface area contributed by atoms with Crippen LogP contribution in [0.3, 0.4) is 0 Å². The van der Waals surface area contributed by atoms with Crippen LogP contribution < -0.4 is 0 Å². The lowest BCUT2D eigenvalue weighted by Gasteiger charge is -2.23. The smallest absolute Gasteiger partial charge is 0.345 e. The number of ether oxygens (including phenoxy) is 1. The van der Waals surface area contributed by atoms with Crippen LogP contribution in [-0.2, 0) is 14.3 Å². The van der Waals surface area contributed by atoms with Crippen LogP contribution in [0.15, 0.2) is 11.3 Å². The summed E-state index contributed by atoms with van der Waals surface area (Å²) in [4.78, 5) is 23.8. The highest BCUT2D eigenvalue weighted by Gasteiger charge is 2.34. The minimum Gasteiger partial charge on any atom is -0.511 e. The molecule has 1 saturated heterocycles. The number of carbonyl (C=O) groups excluding carboxylic acids is 2. The molecule has 1 unspecified atom stereocenters. The maximum absolute atomic E-state index is 12.0. The molecule has 122 valence electrons. The van der Waals surface area contributed by atoms with Gasteiger partial charge in [0.15, 0.2) is 5.78 Å². The number of Topliss-reactive ketones (excluding diaryl/α,β-unsaturated/α-hetero) is 1. The molecule has 1 atom stereocenters. The van der Waals surface area contributed by atoms with Gasteiger partial charge in [-0.2, -0.15) is 5.26 Å². The molecule has 0 aromatic heterocycles. The van der Waals surface area contributed by atoms with Gasteiger partial charge in [0.25, 0.3) is 0 Å². The fraction of sp³-hybridized carbons (Fsp3) is 0.706. The molecule has 0 aromatic carbocycles. The summed E-state index contributed by atoms with van der Waals surface area (Å²) in [5.41, 5.74) is -0.158. The Hall–Kier alpha value is -1.83. The van der Waals surface area contributed by atoms with E-state index < -0.39 is 5.97 Å². The summed E-state index contributed by atoms with van der Waals surface area (Å²) in [7, 11) is 0. The molecule has 0 aromatic rings. The Bertz CT molecular complexity index is 442. The Morgan fingerprint density at radius 2 is 1.95 bits per heavy atom. The molecule has 1 N–H and O–H groups in total. The largest absolute Gasteiger partial charge is 0.511 e. The first-order valence-corrected chi connectivity index (χ1v) is 8.13. The van der Waals surface area contributed by atoms with Crippen LogP contribution in [0.5, 0.6) is 0 Å². The Morgan fingerprint density at radius 3 is 2.59 bits per heavy atom. The normalized spacial score (nSPS) is 20.5. The molecule has 1 aliphatic rings. The summed E-state index contributed by atoms with van der Waals surface area (Å²) < 4.78 is 5.26. The van der Waals surface area contributed by atoms with E-state index in [9.17, 15) is 14.7 Å². The van der Waals surface area contributed by atoms with Crippen molar-refractivity contribution in [1.29, 1.82) is 5.26 Å². The maximum atomic E-state index is 12.0. The van der Waals surface area contributed by atoms with Gasteiger partial charge in [0, 0.05) is 19.3 Å². The summed E-state index contributed by atoms with van der Waals surface area (Å²) in [6.07, 6.45) is 7.01. The van der Waals surface area contributed by atoms with E-state index in [0.29, 0.717) is 25.7 Å². The van der Waals surface area contributed by atoms with Gasteiger partial charge in [-0.3, -0.25) is 4.79 Å². The molecule has 0 saturated carbocycles. The van der Waals surface area contributed by atoms with Gasteiger partial charge in [-0.25, -0.2) is 4.79 Å². The Labute approximate surface area is 132 Å². The number of rotatable bonds is 9. The van der Waals surface area contributed by atoms with Gasteiger partial charge in [0.2, 0.25) is 0 Å². The number of nitriles is 1. The molecule has 0 amide bonds. The number of carbonyl (C=O) groups is 2. The van der Waals surface area contributed by atoms with Gasteiger partial charge < -0.3 is 9.84 Å². The second-order valence-corrected chi connectivity index (χ2v) is 5.69. The number of hydrogen-bond donors (Lipinski definition) is 1. The third-order valence-electron chi connectivity index (χ3n) is 3.76. The number of aliphatic hydroxyl groups is 1. The molecule has 0 aliphatic carbocycles. The number of nitrogens with zero attached hydrogens (tertiary/aromatic N) is 1. The first-order valence-electron chi connectivity index (χ1n) is 8.13. The van der Waals surface area contributed by atoms with Crippen molar-refractivity contribution in [2.45, 2.75) is 77.2 Å². The van der Waals surface area contributed by atoms with Crippen LogP contribution in [-0.4, -0.2) is 23.0 Å². The van der Waals surface area contributed by atoms with E-state index in [2.05, 4.69) is 6.07 Å². The SMILES string of the molecule is CCC/C(O)=C1\C(=O)CC(CCCCCCCC#N)OC1=O. The van der Waals surface area contributed by atoms with E-state index in [4.69, 9.17) is 10.00 Å². The van der Waals surface area contributed by atoms with Crippen LogP contribution in [0.25, 0.3) is 0 Å². The van der Waals surface area contributed by atoms with Crippen molar-refractivity contribution >= 4 is 11.8 Å². The van der Waals surface area contributed by atoms with Gasteiger partial charge in [-0.05, 0) is 25.7 Å². The van der Waals surface area contributed by atoms with Gasteiger partial charge in [0.1, 0.15) is 17.4 Å². The number of allylic oxidation sites excluding steroid dienone is 1. The molecule has 1 rings (SSSR count). The van der Waals surface area contributed by atoms with Gasteiger partial charge >= 0.3 is 5.97 Å². The zero-order chi connectivity index (χ0) is 16.4. The summed E-state index contributed by atoms with van der Waals surface area (Å²) in [6, 6.07) is 2.12. The average Bonchev–Trinajstić information content (AvgIpc) is 2.46. The molecule has 5 heteroatoms. The lowest BCUT2D eigenvalue weighted by Crippen LogP contribution is -2.33. The second-order valence-electron chi connectivity index (χ2n) is 5.69. The minimum absolute atomic E-state index is 0.145. The Balaban J connectivity index is 2.33. The van der Waals surface area contributed by atoms with E-state index in [1.54, 1.807) is 0 Å². The predicted molar refractivity (Wildman–Crippen MR) is 82.0 cm³/mol. The minimum atomic E-state index is -0.679. The molecule has 5 nitrogen and oxygen atoms in total. The van der Waals surface area contributed by atoms with E-state index >= 15 is 0 Å². The highest BCUT2D eigenvalue weighted by molar-refractivity contribution is 6.19. The van der Waals surface area contributed by atoms with E-state index in [-0.39, 0.29) is 29.6 Å². The van der Waals surface area contributed by atoms with Crippen LogP contribution in [0.4, 0.5) is 0 Å². The predicted octanol–water partition coefficient (Wildman–Crippen LogP) is 3.74. The summed E-state index contributed by atoms with van der Waals surface area (Å²) in [5, 5.41) is 18.2. The molecule has 1 fully saturated rings. The van der Waals surface area contributed by atoms with Crippen LogP contribution >= 0.6 is 0 Å². The maximum Gasteiger partial charge on any atom is 0.345 e. The molecule has 0 radical (unpaired) electrons. The van der Waals surface area contributed by atoms with Gasteiger partial charge in [-0.15, -0.1) is 0 Å². The van der Waals surface area contributed by atoms with E-state index in [1.165, 1.54) is 0 Å². The number of unbranched alkanes of at least 4 members (excludes halogenated alkanes) is 5. The molecule has 1 heterocycles. The number of hydrogen-bond acceptors (Lipinski definition) is 5. The molecular weight excluding hydrogens is 282 g/mol. The monoisotopic (exact) mass is 307 g/mol. The van der Waals surface area contributed by atoms with Gasteiger partial charge in [-0.1, -0.05) is 26.2 Å². The quantitative estimate of drug-likeness (QED) is 0.230. The Morgan fingerprint density at radius 1 is 1.27 bits per heavy atom. The van der Waals surface area contributed by atoms with Crippen LogP contribution in [0.1, 0.15) is 71.1 Å². The molecular formula is C17H25NO4. The second kappa shape index (κ2) is 9.99. The van der Waals surface area contributed by atoms with Crippen molar-refractivity contribution in [3.63, 3.8) is 0 Å². The highest BCUT2D eigenvalue weighted by atomic mass is 16.5. The third kappa shape index (κ3) is 5.88. The third-order valence-corrected chi connectivity index (χ3v) is 3.76. The van der Waals surface area contributed by atoms with Crippen LogP contribution in [0.2, 0.25) is 0 Å². The van der Waals surface area contributed by atoms with Crippen molar-refractivity contribution in [3.05, 3.63) is 11.3 Å². The van der Waals surface area contributed by atoms with Gasteiger partial charge in [0.05, 0.1) is 6.07 Å². The zero-order valence-corrected chi connectivity index (χ0v) is 13.3. The summed E-state index contributed by atoms with van der Waals surface area (Å²) in [6.45, 7) is 1.87. The van der Waals surface area contributed by atoms with E-state index in [0.717, 1.165) is 32.1 Å². The molecule has 0 bridgehead atoms. The summed E-state index contributed by atoms with van der Waals surface area (Å²) >= 11 is 0. The molecule has 0 spiro atoms.